The molecule has 2 aromatic rings. The van der Waals surface area contributed by atoms with Gasteiger partial charge in [-0.05, 0) is 58.6 Å². The normalized spacial score (nSPS) is 14.3. The van der Waals surface area contributed by atoms with Crippen molar-refractivity contribution in [1.82, 2.24) is 4.90 Å². The lowest BCUT2D eigenvalue weighted by atomic mass is 10.1. The monoisotopic (exact) mass is 446 g/mol. The Morgan fingerprint density at radius 3 is 2.81 bits per heavy atom. The van der Waals surface area contributed by atoms with Crippen LogP contribution < -0.4 is 5.32 Å². The van der Waals surface area contributed by atoms with Crippen molar-refractivity contribution in [3.63, 3.8) is 0 Å². The van der Waals surface area contributed by atoms with Gasteiger partial charge in [0.25, 0.3) is 0 Å². The van der Waals surface area contributed by atoms with Crippen molar-refractivity contribution in [3.05, 3.63) is 58.6 Å². The summed E-state index contributed by atoms with van der Waals surface area (Å²) in [4.78, 5) is 27.3. The minimum absolute atomic E-state index is 0.000697. The van der Waals surface area contributed by atoms with Crippen molar-refractivity contribution in [2.45, 2.75) is 37.1 Å². The van der Waals surface area contributed by atoms with Crippen molar-refractivity contribution in [2.24, 2.45) is 0 Å². The van der Waals surface area contributed by atoms with Gasteiger partial charge in [-0.15, -0.1) is 11.8 Å². The van der Waals surface area contributed by atoms with E-state index in [9.17, 15) is 9.59 Å². The SMILES string of the molecule is O=C(CCSc1ccccc1Br)Nc1cccc(CN2CCCCC2=O)c1. The van der Waals surface area contributed by atoms with Crippen LogP contribution in [0.4, 0.5) is 5.69 Å². The Morgan fingerprint density at radius 2 is 2.00 bits per heavy atom. The summed E-state index contributed by atoms with van der Waals surface area (Å²) >= 11 is 5.18. The average molecular weight is 447 g/mol. The Kier molecular flexibility index (Phi) is 7.35. The lowest BCUT2D eigenvalue weighted by Gasteiger charge is -2.26. The number of hydrogen-bond donors (Lipinski definition) is 1. The predicted molar refractivity (Wildman–Crippen MR) is 114 cm³/mol. The molecule has 4 nitrogen and oxygen atoms in total. The van der Waals surface area contributed by atoms with Crippen LogP contribution in [-0.2, 0) is 16.1 Å². The molecule has 0 atom stereocenters. The summed E-state index contributed by atoms with van der Waals surface area (Å²) in [5, 5.41) is 2.96. The number of halogens is 1. The number of piperidine rings is 1. The third-order valence-corrected chi connectivity index (χ3v) is 6.46. The third-order valence-electron chi connectivity index (χ3n) is 4.43. The number of benzene rings is 2. The molecular formula is C21H23BrN2O2S. The number of carbonyl (C=O) groups is 2. The second-order valence-corrected chi connectivity index (χ2v) is 8.54. The maximum atomic E-state index is 12.2. The highest BCUT2D eigenvalue weighted by Crippen LogP contribution is 2.27. The summed E-state index contributed by atoms with van der Waals surface area (Å²) in [5.41, 5.74) is 1.83. The highest BCUT2D eigenvalue weighted by Gasteiger charge is 2.18. The van der Waals surface area contributed by atoms with Gasteiger partial charge in [0.15, 0.2) is 0 Å². The summed E-state index contributed by atoms with van der Waals surface area (Å²) in [6.07, 6.45) is 3.15. The van der Waals surface area contributed by atoms with Gasteiger partial charge in [-0.3, -0.25) is 9.59 Å². The van der Waals surface area contributed by atoms with Crippen molar-refractivity contribution in [1.29, 1.82) is 0 Å². The van der Waals surface area contributed by atoms with Gasteiger partial charge in [-0.25, -0.2) is 0 Å². The van der Waals surface area contributed by atoms with Crippen LogP contribution in [0.1, 0.15) is 31.2 Å². The number of thioether (sulfide) groups is 1. The van der Waals surface area contributed by atoms with Crippen molar-refractivity contribution in [3.8, 4) is 0 Å². The van der Waals surface area contributed by atoms with Gasteiger partial charge in [0.1, 0.15) is 0 Å². The van der Waals surface area contributed by atoms with E-state index in [2.05, 4.69) is 21.2 Å². The predicted octanol–water partition coefficient (Wildman–Crippen LogP) is 5.08. The molecule has 1 fully saturated rings. The van der Waals surface area contributed by atoms with E-state index in [-0.39, 0.29) is 11.8 Å². The first-order valence-corrected chi connectivity index (χ1v) is 10.9. The summed E-state index contributed by atoms with van der Waals surface area (Å²) in [7, 11) is 0. The molecule has 2 amide bonds. The van der Waals surface area contributed by atoms with E-state index in [1.54, 1.807) is 11.8 Å². The van der Waals surface area contributed by atoms with Crippen LogP contribution in [0.25, 0.3) is 0 Å². The fourth-order valence-corrected chi connectivity index (χ4v) is 4.55. The largest absolute Gasteiger partial charge is 0.338 e. The van der Waals surface area contributed by atoms with Gasteiger partial charge >= 0.3 is 0 Å². The molecule has 3 rings (SSSR count). The molecule has 27 heavy (non-hydrogen) atoms. The molecule has 2 aromatic carbocycles. The fourth-order valence-electron chi connectivity index (χ4n) is 3.04. The summed E-state index contributed by atoms with van der Waals surface area (Å²) in [6, 6.07) is 15.8. The van der Waals surface area contributed by atoms with Gasteiger partial charge in [-0.1, -0.05) is 24.3 Å². The van der Waals surface area contributed by atoms with E-state index in [1.165, 1.54) is 0 Å². The number of rotatable bonds is 7. The van der Waals surface area contributed by atoms with Gasteiger partial charge in [-0.2, -0.15) is 0 Å². The molecule has 0 bridgehead atoms. The molecule has 0 saturated carbocycles. The Morgan fingerprint density at radius 1 is 1.15 bits per heavy atom. The number of carbonyl (C=O) groups excluding carboxylic acids is 2. The molecule has 1 aliphatic heterocycles. The molecular weight excluding hydrogens is 424 g/mol. The van der Waals surface area contributed by atoms with Gasteiger partial charge in [0.2, 0.25) is 11.8 Å². The molecule has 1 aliphatic rings. The minimum Gasteiger partial charge on any atom is -0.338 e. The van der Waals surface area contributed by atoms with Crippen molar-refractivity contribution >= 4 is 45.2 Å². The molecule has 0 aromatic heterocycles. The first-order chi connectivity index (χ1) is 13.1. The molecule has 1 N–H and O–H groups in total. The zero-order valence-corrected chi connectivity index (χ0v) is 17.5. The number of nitrogens with one attached hydrogen (secondary N) is 1. The number of hydrogen-bond acceptors (Lipinski definition) is 3. The number of amides is 2. The van der Waals surface area contributed by atoms with E-state index in [0.717, 1.165) is 45.8 Å². The van der Waals surface area contributed by atoms with Crippen LogP contribution in [0.15, 0.2) is 57.9 Å². The highest BCUT2D eigenvalue weighted by atomic mass is 79.9. The van der Waals surface area contributed by atoms with Crippen molar-refractivity contribution < 1.29 is 9.59 Å². The highest BCUT2D eigenvalue weighted by molar-refractivity contribution is 9.10. The van der Waals surface area contributed by atoms with Gasteiger partial charge in [0, 0.05) is 46.7 Å². The zero-order valence-electron chi connectivity index (χ0n) is 15.1. The lowest BCUT2D eigenvalue weighted by molar-refractivity contribution is -0.133. The lowest BCUT2D eigenvalue weighted by Crippen LogP contribution is -2.34. The van der Waals surface area contributed by atoms with Gasteiger partial charge in [0.05, 0.1) is 0 Å². The Labute approximate surface area is 172 Å². The van der Waals surface area contributed by atoms with Gasteiger partial charge < -0.3 is 10.2 Å². The van der Waals surface area contributed by atoms with E-state index < -0.39 is 0 Å². The maximum absolute atomic E-state index is 12.2. The summed E-state index contributed by atoms with van der Waals surface area (Å²) in [5.74, 6) is 0.941. The zero-order chi connectivity index (χ0) is 19.1. The molecule has 0 radical (unpaired) electrons. The second kappa shape index (κ2) is 9.95. The molecule has 142 valence electrons. The fraction of sp³-hybridized carbons (Fsp3) is 0.333. The first kappa shape index (κ1) is 20.0. The molecule has 1 heterocycles. The second-order valence-electron chi connectivity index (χ2n) is 6.55. The first-order valence-electron chi connectivity index (χ1n) is 9.16. The quantitative estimate of drug-likeness (QED) is 0.602. The van der Waals surface area contributed by atoms with Crippen LogP contribution in [-0.4, -0.2) is 29.0 Å². The smallest absolute Gasteiger partial charge is 0.225 e. The van der Waals surface area contributed by atoms with E-state index >= 15 is 0 Å². The van der Waals surface area contributed by atoms with Crippen molar-refractivity contribution in [2.75, 3.05) is 17.6 Å². The Bertz CT molecular complexity index is 812. The number of likely N-dealkylation sites (tertiary alicyclic amines) is 1. The summed E-state index contributed by atoms with van der Waals surface area (Å²) < 4.78 is 1.05. The molecule has 0 aliphatic carbocycles. The van der Waals surface area contributed by atoms with Crippen LogP contribution >= 0.6 is 27.7 Å². The molecule has 0 spiro atoms. The average Bonchev–Trinajstić information content (AvgIpc) is 2.65. The minimum atomic E-state index is 0.000697. The van der Waals surface area contributed by atoms with Crippen LogP contribution in [0.2, 0.25) is 0 Å². The molecule has 0 unspecified atom stereocenters. The standard InChI is InChI=1S/C21H23BrN2O2S/c22-18-8-1-2-9-19(18)27-13-11-20(25)23-17-7-5-6-16(14-17)15-24-12-4-3-10-21(24)26/h1-2,5-9,14H,3-4,10-13,15H2,(H,23,25). The maximum Gasteiger partial charge on any atom is 0.225 e. The van der Waals surface area contributed by atoms with Crippen LogP contribution in [0.3, 0.4) is 0 Å². The number of anilines is 1. The van der Waals surface area contributed by atoms with E-state index in [4.69, 9.17) is 0 Å². The number of nitrogens with zero attached hydrogens (tertiary/aromatic N) is 1. The molecule has 1 saturated heterocycles. The molecule has 6 heteroatoms. The van der Waals surface area contributed by atoms with Crippen LogP contribution in [0.5, 0.6) is 0 Å². The topological polar surface area (TPSA) is 49.4 Å². The van der Waals surface area contributed by atoms with E-state index in [0.29, 0.717) is 19.4 Å². The van der Waals surface area contributed by atoms with E-state index in [1.807, 2.05) is 53.4 Å². The Balaban J connectivity index is 1.49. The summed E-state index contributed by atoms with van der Waals surface area (Å²) in [6.45, 7) is 1.43. The van der Waals surface area contributed by atoms with Crippen LogP contribution in [0, 0.1) is 0 Å². The third kappa shape index (κ3) is 6.11. The Hall–Kier alpha value is -1.79.